The Bertz CT molecular complexity index is 979. The van der Waals surface area contributed by atoms with Crippen LogP contribution >= 0.6 is 0 Å². The Morgan fingerprint density at radius 3 is 2.19 bits per heavy atom. The van der Waals surface area contributed by atoms with Crippen molar-refractivity contribution in [2.24, 2.45) is 11.3 Å². The summed E-state index contributed by atoms with van der Waals surface area (Å²) in [7, 11) is 3.47. The van der Waals surface area contributed by atoms with Gasteiger partial charge in [0.25, 0.3) is 5.91 Å². The number of hydrogen-bond acceptors (Lipinski definition) is 3. The minimum Gasteiger partial charge on any atom is -0.348 e. The molecule has 7 nitrogen and oxygen atoms in total. The van der Waals surface area contributed by atoms with E-state index in [2.05, 4.69) is 5.32 Å². The zero-order valence-corrected chi connectivity index (χ0v) is 18.7. The van der Waals surface area contributed by atoms with Gasteiger partial charge in [0, 0.05) is 58.3 Å². The first-order valence-electron chi connectivity index (χ1n) is 11.0. The number of nitrogens with one attached hydrogen (secondary N) is 1. The van der Waals surface area contributed by atoms with Crippen LogP contribution < -0.4 is 5.32 Å². The number of urea groups is 1. The Hall–Kier alpha value is -3.35. The third-order valence-corrected chi connectivity index (χ3v) is 6.57. The average molecular weight is 435 g/mol. The molecular weight excluding hydrogens is 404 g/mol. The van der Waals surface area contributed by atoms with Crippen LogP contribution in [0.2, 0.25) is 0 Å². The van der Waals surface area contributed by atoms with Gasteiger partial charge in [-0.15, -0.1) is 0 Å². The lowest BCUT2D eigenvalue weighted by atomic mass is 9.80. The number of hydrogen-bond donors (Lipinski definition) is 1. The first-order chi connectivity index (χ1) is 15.4. The molecule has 2 fully saturated rings. The number of fused-ring (bicyclic) bond motifs is 1. The maximum atomic E-state index is 13.2. The molecule has 2 heterocycles. The largest absolute Gasteiger partial charge is 0.348 e. The van der Waals surface area contributed by atoms with Gasteiger partial charge in [0.1, 0.15) is 0 Å². The van der Waals surface area contributed by atoms with Crippen LogP contribution in [-0.2, 0) is 11.2 Å². The maximum Gasteiger partial charge on any atom is 0.317 e. The smallest absolute Gasteiger partial charge is 0.317 e. The molecule has 0 saturated carbocycles. The molecule has 2 aromatic rings. The Morgan fingerprint density at radius 2 is 1.53 bits per heavy atom. The molecule has 0 aromatic heterocycles. The van der Waals surface area contributed by atoms with E-state index in [1.54, 1.807) is 40.9 Å². The van der Waals surface area contributed by atoms with Crippen LogP contribution in [0.3, 0.4) is 0 Å². The zero-order valence-electron chi connectivity index (χ0n) is 18.7. The van der Waals surface area contributed by atoms with E-state index >= 15 is 0 Å². The minimum atomic E-state index is -0.759. The molecule has 4 amide bonds. The first kappa shape index (κ1) is 21.9. The third kappa shape index (κ3) is 4.20. The summed E-state index contributed by atoms with van der Waals surface area (Å²) < 4.78 is 0. The van der Waals surface area contributed by atoms with E-state index in [1.165, 1.54) is 5.56 Å². The molecule has 2 aliphatic heterocycles. The Balaban J connectivity index is 1.43. The van der Waals surface area contributed by atoms with Crippen LogP contribution in [0, 0.1) is 11.3 Å². The molecule has 7 heteroatoms. The van der Waals surface area contributed by atoms with Crippen LogP contribution in [0.1, 0.15) is 15.9 Å². The van der Waals surface area contributed by atoms with E-state index < -0.39 is 5.41 Å². The lowest BCUT2D eigenvalue weighted by molar-refractivity contribution is -0.139. The van der Waals surface area contributed by atoms with E-state index in [-0.39, 0.29) is 23.8 Å². The van der Waals surface area contributed by atoms with Crippen molar-refractivity contribution in [1.29, 1.82) is 0 Å². The molecule has 0 spiro atoms. The molecule has 0 bridgehead atoms. The quantitative estimate of drug-likeness (QED) is 0.783. The number of nitrogens with zero attached hydrogens (tertiary/aromatic N) is 3. The molecule has 32 heavy (non-hydrogen) atoms. The standard InChI is InChI=1S/C25H30N4O3/c1-27(2)23(31)25-17-28(22(30)20-11-7-4-8-12-20)15-21(25)16-29(18-25)24(32)26-14-13-19-9-5-3-6-10-19/h3-12,21H,13-18H2,1-2H3,(H,26,32)/t21-,25-/m0/s1. The van der Waals surface area contributed by atoms with Crippen LogP contribution in [0.4, 0.5) is 4.79 Å². The molecule has 2 atom stereocenters. The molecule has 0 radical (unpaired) electrons. The number of amides is 4. The van der Waals surface area contributed by atoms with Crippen LogP contribution in [-0.4, -0.2) is 79.4 Å². The number of likely N-dealkylation sites (tertiary alicyclic amines) is 2. The van der Waals surface area contributed by atoms with Gasteiger partial charge in [-0.2, -0.15) is 0 Å². The molecule has 0 unspecified atom stereocenters. The highest BCUT2D eigenvalue weighted by atomic mass is 16.2. The fraction of sp³-hybridized carbons (Fsp3) is 0.400. The van der Waals surface area contributed by atoms with Crippen molar-refractivity contribution in [2.45, 2.75) is 6.42 Å². The third-order valence-electron chi connectivity index (χ3n) is 6.57. The van der Waals surface area contributed by atoms with E-state index in [1.807, 2.05) is 48.5 Å². The maximum absolute atomic E-state index is 13.2. The second kappa shape index (κ2) is 9.02. The van der Waals surface area contributed by atoms with Gasteiger partial charge in [0.2, 0.25) is 5.91 Å². The lowest BCUT2D eigenvalue weighted by Crippen LogP contribution is -2.49. The molecule has 2 aliphatic rings. The summed E-state index contributed by atoms with van der Waals surface area (Å²) in [5.74, 6) is -0.167. The van der Waals surface area contributed by atoms with Gasteiger partial charge in [-0.25, -0.2) is 4.79 Å². The number of rotatable bonds is 5. The molecule has 2 saturated heterocycles. The Labute approximate surface area is 189 Å². The van der Waals surface area contributed by atoms with Crippen molar-refractivity contribution in [3.05, 3.63) is 71.8 Å². The highest BCUT2D eigenvalue weighted by Gasteiger charge is 2.59. The van der Waals surface area contributed by atoms with Crippen molar-refractivity contribution < 1.29 is 14.4 Å². The van der Waals surface area contributed by atoms with Gasteiger partial charge in [-0.3, -0.25) is 9.59 Å². The SMILES string of the molecule is CN(C)C(=O)[C@@]12CN(C(=O)NCCc3ccccc3)C[C@@H]1CN(C(=O)c1ccccc1)C2. The number of carbonyl (C=O) groups excluding carboxylic acids is 3. The molecule has 4 rings (SSSR count). The predicted octanol–water partition coefficient (Wildman–Crippen LogP) is 2.10. The van der Waals surface area contributed by atoms with Crippen LogP contribution in [0.15, 0.2) is 60.7 Å². The normalized spacial score (nSPS) is 21.9. The Morgan fingerprint density at radius 1 is 0.938 bits per heavy atom. The van der Waals surface area contributed by atoms with Crippen molar-refractivity contribution >= 4 is 17.8 Å². The average Bonchev–Trinajstić information content (AvgIpc) is 3.35. The van der Waals surface area contributed by atoms with Crippen molar-refractivity contribution in [2.75, 3.05) is 46.8 Å². The van der Waals surface area contributed by atoms with Crippen LogP contribution in [0.25, 0.3) is 0 Å². The highest BCUT2D eigenvalue weighted by Crippen LogP contribution is 2.44. The molecule has 168 valence electrons. The summed E-state index contributed by atoms with van der Waals surface area (Å²) in [4.78, 5) is 44.2. The van der Waals surface area contributed by atoms with E-state index in [9.17, 15) is 14.4 Å². The summed E-state index contributed by atoms with van der Waals surface area (Å²) in [5, 5.41) is 2.99. The predicted molar refractivity (Wildman–Crippen MR) is 122 cm³/mol. The zero-order chi connectivity index (χ0) is 22.7. The molecular formula is C25H30N4O3. The second-order valence-corrected chi connectivity index (χ2v) is 8.95. The highest BCUT2D eigenvalue weighted by molar-refractivity contribution is 5.96. The minimum absolute atomic E-state index is 0.0227. The second-order valence-electron chi connectivity index (χ2n) is 8.95. The van der Waals surface area contributed by atoms with Gasteiger partial charge >= 0.3 is 6.03 Å². The number of carbonyl (C=O) groups is 3. The van der Waals surface area contributed by atoms with Crippen molar-refractivity contribution in [3.8, 4) is 0 Å². The molecule has 2 aromatic carbocycles. The summed E-state index contributed by atoms with van der Waals surface area (Å²) >= 11 is 0. The van der Waals surface area contributed by atoms with Crippen molar-refractivity contribution in [1.82, 2.24) is 20.0 Å². The summed E-state index contributed by atoms with van der Waals surface area (Å²) in [5.41, 5.74) is 1.03. The van der Waals surface area contributed by atoms with E-state index in [4.69, 9.17) is 0 Å². The summed E-state index contributed by atoms with van der Waals surface area (Å²) in [6, 6.07) is 19.0. The van der Waals surface area contributed by atoms with Crippen LogP contribution in [0.5, 0.6) is 0 Å². The number of benzene rings is 2. The fourth-order valence-electron chi connectivity index (χ4n) is 4.96. The summed E-state index contributed by atoms with van der Waals surface area (Å²) in [6.45, 7) is 2.13. The fourth-order valence-corrected chi connectivity index (χ4v) is 4.96. The van der Waals surface area contributed by atoms with E-state index in [0.717, 1.165) is 6.42 Å². The Kier molecular flexibility index (Phi) is 6.17. The topological polar surface area (TPSA) is 73.0 Å². The lowest BCUT2D eigenvalue weighted by Gasteiger charge is -2.30. The van der Waals surface area contributed by atoms with Gasteiger partial charge < -0.3 is 20.0 Å². The molecule has 1 N–H and O–H groups in total. The van der Waals surface area contributed by atoms with Gasteiger partial charge in [0.05, 0.1) is 5.41 Å². The van der Waals surface area contributed by atoms with E-state index in [0.29, 0.717) is 38.3 Å². The van der Waals surface area contributed by atoms with Gasteiger partial charge in [0.15, 0.2) is 0 Å². The van der Waals surface area contributed by atoms with Crippen molar-refractivity contribution in [3.63, 3.8) is 0 Å². The van der Waals surface area contributed by atoms with Gasteiger partial charge in [-0.1, -0.05) is 48.5 Å². The molecule has 0 aliphatic carbocycles. The monoisotopic (exact) mass is 434 g/mol. The summed E-state index contributed by atoms with van der Waals surface area (Å²) in [6.07, 6.45) is 0.755. The first-order valence-corrected chi connectivity index (χ1v) is 11.0. The van der Waals surface area contributed by atoms with Gasteiger partial charge in [-0.05, 0) is 24.1 Å².